The van der Waals surface area contributed by atoms with Crippen LogP contribution in [0.1, 0.15) is 25.3 Å². The molecule has 0 aromatic heterocycles. The molecule has 1 unspecified atom stereocenters. The second kappa shape index (κ2) is 4.31. The number of rotatable bonds is 2. The number of fused-ring (bicyclic) bond motifs is 1. The molecular formula is C13H16N2O3S. The van der Waals surface area contributed by atoms with Crippen LogP contribution in [0.2, 0.25) is 0 Å². The molecule has 1 N–H and O–H groups in total. The number of hydrogen-bond donors (Lipinski definition) is 1. The minimum atomic E-state index is -3.36. The fraction of sp³-hybridized carbons (Fsp3) is 0.462. The van der Waals surface area contributed by atoms with Crippen molar-refractivity contribution in [2.45, 2.75) is 37.6 Å². The van der Waals surface area contributed by atoms with Crippen LogP contribution >= 0.6 is 0 Å². The summed E-state index contributed by atoms with van der Waals surface area (Å²) in [4.78, 5) is 12.1. The van der Waals surface area contributed by atoms with Gasteiger partial charge in [0.15, 0.2) is 0 Å². The van der Waals surface area contributed by atoms with Gasteiger partial charge in [0.05, 0.1) is 5.25 Å². The van der Waals surface area contributed by atoms with Crippen LogP contribution in [-0.4, -0.2) is 29.9 Å². The maximum absolute atomic E-state index is 12.4. The zero-order valence-electron chi connectivity index (χ0n) is 10.7. The van der Waals surface area contributed by atoms with Gasteiger partial charge in [-0.15, -0.1) is 0 Å². The molecule has 1 aliphatic heterocycles. The summed E-state index contributed by atoms with van der Waals surface area (Å²) in [6.07, 6.45) is 1.41. The van der Waals surface area contributed by atoms with Crippen LogP contribution in [0, 0.1) is 0 Å². The number of benzene rings is 1. The number of nitrogens with zero attached hydrogens (tertiary/aromatic N) is 1. The van der Waals surface area contributed by atoms with Crippen LogP contribution in [0.4, 0.5) is 5.69 Å². The van der Waals surface area contributed by atoms with Crippen molar-refractivity contribution >= 4 is 21.6 Å². The van der Waals surface area contributed by atoms with E-state index in [-0.39, 0.29) is 17.7 Å². The maximum atomic E-state index is 12.4. The lowest BCUT2D eigenvalue weighted by Gasteiger charge is -2.24. The van der Waals surface area contributed by atoms with E-state index in [9.17, 15) is 13.2 Å². The molecule has 0 radical (unpaired) electrons. The summed E-state index contributed by atoms with van der Waals surface area (Å²) in [6.45, 7) is 1.90. The summed E-state index contributed by atoms with van der Waals surface area (Å²) < 4.78 is 26.2. The molecular weight excluding hydrogens is 264 g/mol. The summed E-state index contributed by atoms with van der Waals surface area (Å²) in [5.41, 5.74) is 1.54. The Kier molecular flexibility index (Phi) is 2.87. The SMILES string of the molecule is CC1C(=O)Nc2ccccc2CN1S(=O)(=O)C1CC1. The summed E-state index contributed by atoms with van der Waals surface area (Å²) in [5.74, 6) is -0.269. The van der Waals surface area contributed by atoms with Gasteiger partial charge in [-0.05, 0) is 31.4 Å². The highest BCUT2D eigenvalue weighted by Gasteiger charge is 2.44. The van der Waals surface area contributed by atoms with Gasteiger partial charge in [-0.1, -0.05) is 18.2 Å². The number of nitrogens with one attached hydrogen (secondary N) is 1. The van der Waals surface area contributed by atoms with Crippen molar-refractivity contribution in [3.05, 3.63) is 29.8 Å². The number of carbonyl (C=O) groups excluding carboxylic acids is 1. The van der Waals surface area contributed by atoms with Crippen LogP contribution in [0.25, 0.3) is 0 Å². The highest BCUT2D eigenvalue weighted by Crippen LogP contribution is 2.34. The van der Waals surface area contributed by atoms with E-state index < -0.39 is 16.1 Å². The maximum Gasteiger partial charge on any atom is 0.242 e. The molecule has 1 atom stereocenters. The van der Waals surface area contributed by atoms with Gasteiger partial charge in [0.1, 0.15) is 6.04 Å². The third-order valence-electron chi connectivity index (χ3n) is 3.69. The molecule has 1 aromatic rings. The summed E-state index contributed by atoms with van der Waals surface area (Å²) in [6, 6.07) is 6.66. The third kappa shape index (κ3) is 2.15. The van der Waals surface area contributed by atoms with Gasteiger partial charge < -0.3 is 5.32 Å². The van der Waals surface area contributed by atoms with Gasteiger partial charge in [-0.2, -0.15) is 4.31 Å². The lowest BCUT2D eigenvalue weighted by molar-refractivity contribution is -0.119. The number of carbonyl (C=O) groups is 1. The quantitative estimate of drug-likeness (QED) is 0.888. The molecule has 1 aliphatic carbocycles. The molecule has 6 heteroatoms. The first kappa shape index (κ1) is 12.6. The Morgan fingerprint density at radius 3 is 2.63 bits per heavy atom. The van der Waals surface area contributed by atoms with E-state index in [0.29, 0.717) is 18.5 Å². The van der Waals surface area contributed by atoms with Crippen LogP contribution < -0.4 is 5.32 Å². The van der Waals surface area contributed by atoms with Gasteiger partial charge in [0.2, 0.25) is 15.9 Å². The minimum absolute atomic E-state index is 0.259. The van der Waals surface area contributed by atoms with Crippen LogP contribution in [0.3, 0.4) is 0 Å². The Bertz CT molecular complexity index is 623. The standard InChI is InChI=1S/C13H16N2O3S/c1-9-13(16)14-12-5-3-2-4-10(12)8-15(9)19(17,18)11-6-7-11/h2-5,9,11H,6-8H2,1H3,(H,14,16). The van der Waals surface area contributed by atoms with Crippen LogP contribution in [-0.2, 0) is 21.4 Å². The van der Waals surface area contributed by atoms with Gasteiger partial charge >= 0.3 is 0 Å². The number of sulfonamides is 1. The van der Waals surface area contributed by atoms with E-state index >= 15 is 0 Å². The van der Waals surface area contributed by atoms with Gasteiger partial charge in [0.25, 0.3) is 0 Å². The normalized spacial score (nSPS) is 24.5. The topological polar surface area (TPSA) is 66.5 Å². The Hall–Kier alpha value is -1.40. The molecule has 102 valence electrons. The molecule has 2 aliphatic rings. The van der Waals surface area contributed by atoms with Gasteiger partial charge in [-0.25, -0.2) is 8.42 Å². The highest BCUT2D eigenvalue weighted by atomic mass is 32.2. The smallest absolute Gasteiger partial charge is 0.242 e. The predicted octanol–water partition coefficient (Wildman–Crippen LogP) is 1.32. The molecule has 19 heavy (non-hydrogen) atoms. The second-order valence-electron chi connectivity index (χ2n) is 5.11. The molecule has 1 fully saturated rings. The van der Waals surface area contributed by atoms with E-state index in [0.717, 1.165) is 5.56 Å². The summed E-state index contributed by atoms with van der Waals surface area (Å²) in [7, 11) is -3.36. The van der Waals surface area contributed by atoms with E-state index in [1.807, 2.05) is 18.2 Å². The molecule has 0 bridgehead atoms. The first-order valence-electron chi connectivity index (χ1n) is 6.39. The lowest BCUT2D eigenvalue weighted by atomic mass is 10.2. The zero-order chi connectivity index (χ0) is 13.6. The monoisotopic (exact) mass is 280 g/mol. The highest BCUT2D eigenvalue weighted by molar-refractivity contribution is 7.90. The lowest BCUT2D eigenvalue weighted by Crippen LogP contribution is -2.44. The van der Waals surface area contributed by atoms with Crippen molar-refractivity contribution < 1.29 is 13.2 Å². The number of hydrogen-bond acceptors (Lipinski definition) is 3. The third-order valence-corrected chi connectivity index (χ3v) is 6.10. The fourth-order valence-electron chi connectivity index (χ4n) is 2.32. The van der Waals surface area contributed by atoms with E-state index in [2.05, 4.69) is 5.32 Å². The van der Waals surface area contributed by atoms with Gasteiger partial charge in [0, 0.05) is 12.2 Å². The first-order chi connectivity index (χ1) is 9.00. The Labute approximate surface area is 112 Å². The first-order valence-corrected chi connectivity index (χ1v) is 7.90. The summed E-state index contributed by atoms with van der Waals surface area (Å²) in [5, 5.41) is 2.49. The molecule has 3 rings (SSSR count). The average molecular weight is 280 g/mol. The molecule has 1 amide bonds. The molecule has 1 aromatic carbocycles. The molecule has 1 heterocycles. The molecule has 0 spiro atoms. The van der Waals surface area contributed by atoms with E-state index in [4.69, 9.17) is 0 Å². The average Bonchev–Trinajstić information content (AvgIpc) is 3.20. The van der Waals surface area contributed by atoms with Crippen molar-refractivity contribution in [3.8, 4) is 0 Å². The second-order valence-corrected chi connectivity index (χ2v) is 7.28. The molecule has 0 saturated heterocycles. The Morgan fingerprint density at radius 2 is 1.95 bits per heavy atom. The van der Waals surface area contributed by atoms with Crippen LogP contribution in [0.5, 0.6) is 0 Å². The van der Waals surface area contributed by atoms with Crippen molar-refractivity contribution in [3.63, 3.8) is 0 Å². The van der Waals surface area contributed by atoms with Crippen LogP contribution in [0.15, 0.2) is 24.3 Å². The Morgan fingerprint density at radius 1 is 1.26 bits per heavy atom. The summed E-state index contributed by atoms with van der Waals surface area (Å²) >= 11 is 0. The van der Waals surface area contributed by atoms with Crippen molar-refractivity contribution in [2.75, 3.05) is 5.32 Å². The van der Waals surface area contributed by atoms with Crippen molar-refractivity contribution in [1.82, 2.24) is 4.31 Å². The van der Waals surface area contributed by atoms with E-state index in [1.54, 1.807) is 13.0 Å². The zero-order valence-corrected chi connectivity index (χ0v) is 11.5. The van der Waals surface area contributed by atoms with Crippen molar-refractivity contribution in [2.24, 2.45) is 0 Å². The molecule has 1 saturated carbocycles. The predicted molar refractivity (Wildman–Crippen MR) is 72.0 cm³/mol. The van der Waals surface area contributed by atoms with Gasteiger partial charge in [-0.3, -0.25) is 4.79 Å². The fourth-order valence-corrected chi connectivity index (χ4v) is 4.29. The minimum Gasteiger partial charge on any atom is -0.324 e. The largest absolute Gasteiger partial charge is 0.324 e. The van der Waals surface area contributed by atoms with E-state index in [1.165, 1.54) is 4.31 Å². The number of anilines is 1. The Balaban J connectivity index is 2.03. The van der Waals surface area contributed by atoms with Crippen molar-refractivity contribution in [1.29, 1.82) is 0 Å². The number of para-hydroxylation sites is 1. The number of amides is 1. The molecule has 5 nitrogen and oxygen atoms in total.